The number of rotatable bonds is 10. The topological polar surface area (TPSA) is 184 Å². The molecule has 53 heavy (non-hydrogen) atoms. The second-order valence-corrected chi connectivity index (χ2v) is 17.1. The van der Waals surface area contributed by atoms with Crippen LogP contribution in [0.4, 0.5) is 11.4 Å². The summed E-state index contributed by atoms with van der Waals surface area (Å²) in [6.07, 6.45) is 0. The van der Waals surface area contributed by atoms with Crippen molar-refractivity contribution in [3.63, 3.8) is 0 Å². The maximum atomic E-state index is 13.5. The van der Waals surface area contributed by atoms with Gasteiger partial charge in [-0.05, 0) is 41.3 Å². The summed E-state index contributed by atoms with van der Waals surface area (Å²) in [5.74, 6) is -0.513. The van der Waals surface area contributed by atoms with Gasteiger partial charge in [0.15, 0.2) is 9.95 Å². The summed E-state index contributed by atoms with van der Waals surface area (Å²) in [5, 5.41) is 40.4. The molecule has 0 amide bonds. The first kappa shape index (κ1) is 37.3. The van der Waals surface area contributed by atoms with Crippen LogP contribution in [0.2, 0.25) is 0 Å². The average Bonchev–Trinajstić information content (AvgIpc) is 3.14. The quantitative estimate of drug-likeness (QED) is 0.0582. The zero-order valence-electron chi connectivity index (χ0n) is 28.4. The number of aromatic hydroxyl groups is 2. The Morgan fingerprint density at radius 1 is 0.623 bits per heavy atom. The Bertz CT molecular complexity index is 2530. The smallest absolute Gasteiger partial charge is 0.428 e. The fourth-order valence-corrected chi connectivity index (χ4v) is 9.43. The molecule has 6 aromatic carbocycles. The third-order valence-electron chi connectivity index (χ3n) is 9.13. The normalized spacial score (nSPS) is 12.7. The van der Waals surface area contributed by atoms with Crippen LogP contribution in [-0.4, -0.2) is 31.0 Å². The minimum absolute atomic E-state index is 0.000807. The summed E-state index contributed by atoms with van der Waals surface area (Å²) in [5.41, 5.74) is 0.327. The van der Waals surface area contributed by atoms with Crippen LogP contribution < -0.4 is 8.37 Å². The molecular weight excluding hydrogens is 831 g/mol. The number of diazo groups is 2. The predicted octanol–water partition coefficient (Wildman–Crippen LogP) is 9.67. The number of phenolic OH excluding ortho intramolecular Hbond substituents is 2. The van der Waals surface area contributed by atoms with Crippen LogP contribution >= 0.6 is 22.6 Å². The first-order chi connectivity index (χ1) is 25.1. The lowest BCUT2D eigenvalue weighted by Crippen LogP contribution is -2.37. The van der Waals surface area contributed by atoms with Crippen molar-refractivity contribution in [2.75, 3.05) is 0 Å². The maximum Gasteiger partial charge on any atom is 0.428 e. The van der Waals surface area contributed by atoms with Crippen LogP contribution in [0.5, 0.6) is 23.0 Å². The van der Waals surface area contributed by atoms with Crippen LogP contribution in [-0.2, 0) is 25.7 Å². The van der Waals surface area contributed by atoms with Crippen LogP contribution in [0.1, 0.15) is 31.9 Å². The Morgan fingerprint density at radius 2 is 0.962 bits per heavy atom. The zero-order chi connectivity index (χ0) is 38.3. The molecule has 0 radical (unpaired) electrons. The Kier molecular flexibility index (Phi) is 9.95. The number of alkyl halides is 1. The van der Waals surface area contributed by atoms with E-state index in [9.17, 15) is 37.8 Å². The molecule has 0 heterocycles. The standard InChI is InChI=1S/C38H29IN4O8S2/c1-22(2)37(39)38(3,23-12-16-25(17-13-23)50-52(46,47)33-20-31(42-40)35(44)29-10-6-4-8-27(29)33)24-14-18-26(19-15-24)51-53(48,49)34-21-32(43-41)36(45)30-11-7-5-9-28(30)34/h4-22,37H,1-3H3/p+2. The van der Waals surface area contributed by atoms with E-state index < -0.39 is 25.7 Å². The van der Waals surface area contributed by atoms with Gasteiger partial charge < -0.3 is 18.6 Å². The fraction of sp³-hybridized carbons (Fsp3) is 0.158. The number of benzene rings is 6. The van der Waals surface area contributed by atoms with Crippen molar-refractivity contribution in [1.29, 1.82) is 10.8 Å². The van der Waals surface area contributed by atoms with Gasteiger partial charge in [0.05, 0.1) is 12.1 Å². The lowest BCUT2D eigenvalue weighted by molar-refractivity contribution is 0.459. The fourth-order valence-electron chi connectivity index (χ4n) is 6.40. The molecule has 6 rings (SSSR count). The molecule has 0 aromatic heterocycles. The van der Waals surface area contributed by atoms with Gasteiger partial charge >= 0.3 is 31.6 Å². The van der Waals surface area contributed by atoms with E-state index >= 15 is 0 Å². The van der Waals surface area contributed by atoms with Gasteiger partial charge in [-0.25, -0.2) is 0 Å². The van der Waals surface area contributed by atoms with E-state index in [-0.39, 0.29) is 75.6 Å². The molecule has 6 aromatic rings. The van der Waals surface area contributed by atoms with E-state index in [1.165, 1.54) is 48.5 Å². The second kappa shape index (κ2) is 14.1. The van der Waals surface area contributed by atoms with Gasteiger partial charge in [0.2, 0.25) is 22.3 Å². The molecule has 0 aliphatic carbocycles. The van der Waals surface area contributed by atoms with Crippen molar-refractivity contribution in [2.45, 2.75) is 39.9 Å². The third-order valence-corrected chi connectivity index (χ3v) is 14.4. The number of hydrogen-bond acceptors (Lipinski definition) is 10. The largest absolute Gasteiger partial charge is 0.501 e. The molecule has 0 aliphatic rings. The van der Waals surface area contributed by atoms with E-state index in [0.29, 0.717) is 0 Å². The summed E-state index contributed by atoms with van der Waals surface area (Å²) >= 11 is 2.37. The molecule has 0 bridgehead atoms. The van der Waals surface area contributed by atoms with Crippen LogP contribution in [0.15, 0.2) is 119 Å². The van der Waals surface area contributed by atoms with Gasteiger partial charge in [0.1, 0.15) is 21.3 Å². The summed E-state index contributed by atoms with van der Waals surface area (Å²) in [6.45, 7) is 6.19. The molecule has 0 aliphatic heterocycles. The van der Waals surface area contributed by atoms with E-state index in [0.717, 1.165) is 23.3 Å². The molecule has 268 valence electrons. The average molecular weight is 863 g/mol. The summed E-state index contributed by atoms with van der Waals surface area (Å²) in [6, 6.07) is 27.7. The minimum atomic E-state index is -4.45. The van der Waals surface area contributed by atoms with E-state index in [1.54, 1.807) is 48.5 Å². The maximum absolute atomic E-state index is 13.5. The van der Waals surface area contributed by atoms with Gasteiger partial charge in [0.25, 0.3) is 0 Å². The molecule has 15 heteroatoms. The number of fused-ring (bicyclic) bond motifs is 2. The monoisotopic (exact) mass is 862 g/mol. The lowest BCUT2D eigenvalue weighted by Gasteiger charge is -2.38. The van der Waals surface area contributed by atoms with E-state index in [1.807, 2.05) is 6.92 Å². The molecular formula is C38H31IN4O8S2+2. The lowest BCUT2D eigenvalue weighted by atomic mass is 9.71. The highest BCUT2D eigenvalue weighted by atomic mass is 127. The van der Waals surface area contributed by atoms with Crippen LogP contribution in [0.25, 0.3) is 31.5 Å². The molecule has 0 spiro atoms. The Balaban J connectivity index is 1.31. The number of phenols is 2. The van der Waals surface area contributed by atoms with Gasteiger partial charge in [-0.15, -0.1) is 0 Å². The Labute approximate surface area is 319 Å². The molecule has 0 saturated heterocycles. The highest BCUT2D eigenvalue weighted by Crippen LogP contribution is 2.45. The van der Waals surface area contributed by atoms with Gasteiger partial charge in [-0.2, -0.15) is 16.8 Å². The molecule has 0 fully saturated rings. The van der Waals surface area contributed by atoms with E-state index in [2.05, 4.69) is 46.4 Å². The van der Waals surface area contributed by atoms with Gasteiger partial charge in [0, 0.05) is 30.9 Å². The number of hydrogen-bond donors (Lipinski definition) is 2. The Hall–Kier alpha value is -5.49. The van der Waals surface area contributed by atoms with Crippen molar-refractivity contribution in [2.24, 2.45) is 5.92 Å². The second-order valence-electron chi connectivity index (χ2n) is 12.7. The van der Waals surface area contributed by atoms with Crippen molar-refractivity contribution in [1.82, 2.24) is 0 Å². The number of halogens is 1. The zero-order valence-corrected chi connectivity index (χ0v) is 32.2. The molecule has 2 N–H and O–H groups in total. The summed E-state index contributed by atoms with van der Waals surface area (Å²) in [7, 11) is -8.91. The van der Waals surface area contributed by atoms with Crippen molar-refractivity contribution in [3.05, 3.63) is 130 Å². The van der Waals surface area contributed by atoms with Crippen LogP contribution in [0.3, 0.4) is 0 Å². The van der Waals surface area contributed by atoms with Gasteiger partial charge in [-0.1, -0.05) is 116 Å². The minimum Gasteiger partial charge on any atom is -0.501 e. The van der Waals surface area contributed by atoms with Crippen molar-refractivity contribution >= 4 is 75.7 Å². The van der Waals surface area contributed by atoms with Crippen LogP contribution in [0, 0.1) is 16.7 Å². The molecule has 1 unspecified atom stereocenters. The Morgan fingerprint density at radius 3 is 1.28 bits per heavy atom. The summed E-state index contributed by atoms with van der Waals surface area (Å²) in [4.78, 5) is 5.48. The summed E-state index contributed by atoms with van der Waals surface area (Å²) < 4.78 is 65.1. The predicted molar refractivity (Wildman–Crippen MR) is 208 cm³/mol. The highest BCUT2D eigenvalue weighted by molar-refractivity contribution is 14.1. The SMILES string of the molecule is CC(C)C(I)C(C)(c1ccc(OS(=O)(=O)c2cc([N+]#N)c(O)c3ccccc23)cc1)c1ccc(OS(=O)(=O)c2cc([N+]#N)c(O)c3ccccc23)cc1. The first-order valence-electron chi connectivity index (χ1n) is 16.1. The molecule has 12 nitrogen and oxygen atoms in total. The molecule has 0 saturated carbocycles. The van der Waals surface area contributed by atoms with Gasteiger partial charge in [-0.3, -0.25) is 0 Å². The molecule has 1 atom stereocenters. The van der Waals surface area contributed by atoms with Crippen molar-refractivity contribution < 1.29 is 35.4 Å². The van der Waals surface area contributed by atoms with Crippen molar-refractivity contribution in [3.8, 4) is 23.0 Å². The highest BCUT2D eigenvalue weighted by Gasteiger charge is 2.38. The first-order valence-corrected chi connectivity index (χ1v) is 20.1. The number of nitrogens with zero attached hydrogens (tertiary/aromatic N) is 4. The van der Waals surface area contributed by atoms with E-state index in [4.69, 9.17) is 8.37 Å². The third kappa shape index (κ3) is 6.79.